The quantitative estimate of drug-likeness (QED) is 0.656. The number of ether oxygens (including phenoxy) is 2. The van der Waals surface area contributed by atoms with Crippen LogP contribution < -0.4 is 15.8 Å². The van der Waals surface area contributed by atoms with Crippen LogP contribution in [0.2, 0.25) is 0 Å². The van der Waals surface area contributed by atoms with Crippen molar-refractivity contribution in [2.75, 3.05) is 13.7 Å². The first kappa shape index (κ1) is 16.4. The second kappa shape index (κ2) is 8.43. The van der Waals surface area contributed by atoms with Gasteiger partial charge in [-0.1, -0.05) is 30.3 Å². The van der Waals surface area contributed by atoms with Gasteiger partial charge in [0.2, 0.25) is 5.96 Å². The number of hydrogen-bond donors (Lipinski definition) is 2. The molecular formula is C17H19N3O3. The number of carbonyl (C=O) groups excluding carboxylic acids is 1. The molecule has 0 fully saturated rings. The van der Waals surface area contributed by atoms with Crippen LogP contribution in [0.1, 0.15) is 5.56 Å². The normalized spacial score (nSPS) is 10.9. The summed E-state index contributed by atoms with van der Waals surface area (Å²) in [6.07, 6.45) is 0.0137. The number of rotatable bonds is 5. The number of nitrogens with one attached hydrogen (secondary N) is 1. The predicted octanol–water partition coefficient (Wildman–Crippen LogP) is 2.61. The lowest BCUT2D eigenvalue weighted by atomic mass is 10.2. The summed E-state index contributed by atoms with van der Waals surface area (Å²) in [5.74, 6) is 0.690. The molecule has 0 bridgehead atoms. The van der Waals surface area contributed by atoms with Crippen LogP contribution in [0, 0.1) is 0 Å². The number of benzene rings is 2. The summed E-state index contributed by atoms with van der Waals surface area (Å²) in [6, 6.07) is 16.7. The fraction of sp³-hybridized carbons (Fsp3) is 0.176. The van der Waals surface area contributed by atoms with Crippen LogP contribution in [-0.2, 0) is 11.2 Å². The summed E-state index contributed by atoms with van der Waals surface area (Å²) in [5, 5.41) is 2.38. The zero-order valence-electron chi connectivity index (χ0n) is 12.9. The SMILES string of the molecule is COc1ccc(N=C(N)NC(=O)OCCc2ccccc2)cc1. The molecule has 1 amide bonds. The van der Waals surface area contributed by atoms with Crippen LogP contribution in [0.25, 0.3) is 0 Å². The second-order valence-electron chi connectivity index (χ2n) is 4.69. The Hall–Kier alpha value is -3.02. The molecular weight excluding hydrogens is 294 g/mol. The summed E-state index contributed by atoms with van der Waals surface area (Å²) in [4.78, 5) is 15.7. The third-order valence-corrected chi connectivity index (χ3v) is 3.02. The van der Waals surface area contributed by atoms with E-state index in [4.69, 9.17) is 15.2 Å². The van der Waals surface area contributed by atoms with Gasteiger partial charge in [0.25, 0.3) is 0 Å². The molecule has 2 rings (SSSR count). The molecule has 0 aliphatic heterocycles. The van der Waals surface area contributed by atoms with E-state index in [2.05, 4.69) is 10.3 Å². The van der Waals surface area contributed by atoms with Crippen molar-refractivity contribution in [1.82, 2.24) is 5.32 Å². The van der Waals surface area contributed by atoms with Crippen molar-refractivity contribution in [1.29, 1.82) is 0 Å². The van der Waals surface area contributed by atoms with E-state index in [1.807, 2.05) is 30.3 Å². The van der Waals surface area contributed by atoms with Crippen LogP contribution in [0.4, 0.5) is 10.5 Å². The van der Waals surface area contributed by atoms with Gasteiger partial charge >= 0.3 is 6.09 Å². The first-order valence-electron chi connectivity index (χ1n) is 7.13. The predicted molar refractivity (Wildman–Crippen MR) is 88.9 cm³/mol. The molecule has 0 aliphatic carbocycles. The molecule has 0 saturated heterocycles. The third-order valence-electron chi connectivity index (χ3n) is 3.02. The number of carbonyl (C=O) groups is 1. The fourth-order valence-corrected chi connectivity index (χ4v) is 1.87. The van der Waals surface area contributed by atoms with Gasteiger partial charge in [-0.2, -0.15) is 0 Å². The van der Waals surface area contributed by atoms with Crippen LogP contribution >= 0.6 is 0 Å². The van der Waals surface area contributed by atoms with E-state index in [1.165, 1.54) is 0 Å². The fourth-order valence-electron chi connectivity index (χ4n) is 1.87. The number of nitrogens with zero attached hydrogens (tertiary/aromatic N) is 1. The number of nitrogens with two attached hydrogens (primary N) is 1. The van der Waals surface area contributed by atoms with E-state index in [0.717, 1.165) is 11.3 Å². The lowest BCUT2D eigenvalue weighted by Gasteiger charge is -2.06. The van der Waals surface area contributed by atoms with E-state index in [1.54, 1.807) is 31.4 Å². The van der Waals surface area contributed by atoms with Gasteiger partial charge in [-0.3, -0.25) is 5.32 Å². The number of alkyl carbamates (subject to hydrolysis) is 1. The molecule has 2 aromatic carbocycles. The van der Waals surface area contributed by atoms with Crippen LogP contribution in [0.15, 0.2) is 59.6 Å². The number of amides is 1. The molecule has 0 unspecified atom stereocenters. The zero-order chi connectivity index (χ0) is 16.5. The van der Waals surface area contributed by atoms with Crippen LogP contribution in [0.3, 0.4) is 0 Å². The van der Waals surface area contributed by atoms with E-state index in [-0.39, 0.29) is 12.6 Å². The molecule has 0 atom stereocenters. The molecule has 0 saturated carbocycles. The Bertz CT molecular complexity index is 655. The number of guanidine groups is 1. The van der Waals surface area contributed by atoms with Crippen molar-refractivity contribution in [2.45, 2.75) is 6.42 Å². The van der Waals surface area contributed by atoms with Gasteiger partial charge in [-0.05, 0) is 29.8 Å². The second-order valence-corrected chi connectivity index (χ2v) is 4.69. The topological polar surface area (TPSA) is 85.9 Å². The molecule has 0 aromatic heterocycles. The maximum atomic E-state index is 11.6. The first-order chi connectivity index (χ1) is 11.2. The average Bonchev–Trinajstić information content (AvgIpc) is 2.56. The summed E-state index contributed by atoms with van der Waals surface area (Å²) in [6.45, 7) is 0.270. The molecule has 0 aliphatic rings. The number of hydrogen-bond acceptors (Lipinski definition) is 4. The lowest BCUT2D eigenvalue weighted by molar-refractivity contribution is 0.153. The first-order valence-corrected chi connectivity index (χ1v) is 7.13. The average molecular weight is 313 g/mol. The van der Waals surface area contributed by atoms with Gasteiger partial charge in [0.15, 0.2) is 0 Å². The summed E-state index contributed by atoms with van der Waals surface area (Å²) < 4.78 is 10.1. The molecule has 3 N–H and O–H groups in total. The Kier molecular flexibility index (Phi) is 5.99. The molecule has 23 heavy (non-hydrogen) atoms. The minimum atomic E-state index is -0.629. The lowest BCUT2D eigenvalue weighted by Crippen LogP contribution is -2.37. The van der Waals surface area contributed by atoms with Gasteiger partial charge in [0.1, 0.15) is 5.75 Å². The number of aliphatic imine (C=N–C) groups is 1. The van der Waals surface area contributed by atoms with Crippen LogP contribution in [-0.4, -0.2) is 25.8 Å². The molecule has 6 nitrogen and oxygen atoms in total. The van der Waals surface area contributed by atoms with Crippen molar-refractivity contribution in [3.05, 3.63) is 60.2 Å². The Morgan fingerprint density at radius 2 is 1.83 bits per heavy atom. The molecule has 0 radical (unpaired) electrons. The van der Waals surface area contributed by atoms with Gasteiger partial charge in [0, 0.05) is 6.42 Å². The molecule has 0 heterocycles. The molecule has 120 valence electrons. The van der Waals surface area contributed by atoms with Crippen LogP contribution in [0.5, 0.6) is 5.75 Å². The highest BCUT2D eigenvalue weighted by Crippen LogP contribution is 2.17. The maximum absolute atomic E-state index is 11.6. The van der Waals surface area contributed by atoms with Gasteiger partial charge in [-0.25, -0.2) is 9.79 Å². The Morgan fingerprint density at radius 1 is 1.13 bits per heavy atom. The minimum Gasteiger partial charge on any atom is -0.497 e. The van der Waals surface area contributed by atoms with Crippen molar-refractivity contribution in [3.8, 4) is 5.75 Å². The highest BCUT2D eigenvalue weighted by Gasteiger charge is 2.04. The Balaban J connectivity index is 1.78. The van der Waals surface area contributed by atoms with Crippen molar-refractivity contribution < 1.29 is 14.3 Å². The van der Waals surface area contributed by atoms with Crippen molar-refractivity contribution in [3.63, 3.8) is 0 Å². The van der Waals surface area contributed by atoms with Gasteiger partial charge in [0.05, 0.1) is 19.4 Å². The van der Waals surface area contributed by atoms with Crippen molar-refractivity contribution in [2.24, 2.45) is 10.7 Å². The van der Waals surface area contributed by atoms with E-state index in [0.29, 0.717) is 12.1 Å². The van der Waals surface area contributed by atoms with E-state index >= 15 is 0 Å². The van der Waals surface area contributed by atoms with Crippen molar-refractivity contribution >= 4 is 17.7 Å². The highest BCUT2D eigenvalue weighted by atomic mass is 16.5. The third kappa shape index (κ3) is 5.70. The molecule has 6 heteroatoms. The Morgan fingerprint density at radius 3 is 2.48 bits per heavy atom. The van der Waals surface area contributed by atoms with Gasteiger partial charge < -0.3 is 15.2 Å². The van der Waals surface area contributed by atoms with Gasteiger partial charge in [-0.15, -0.1) is 0 Å². The minimum absolute atomic E-state index is 0.0279. The zero-order valence-corrected chi connectivity index (χ0v) is 12.9. The Labute approximate surface area is 134 Å². The molecule has 0 spiro atoms. The van der Waals surface area contributed by atoms with E-state index in [9.17, 15) is 4.79 Å². The maximum Gasteiger partial charge on any atom is 0.413 e. The standard InChI is InChI=1S/C17H19N3O3/c1-22-15-9-7-14(8-10-15)19-16(18)20-17(21)23-12-11-13-5-3-2-4-6-13/h2-10H,11-12H2,1H3,(H3,18,19,20,21). The van der Waals surface area contributed by atoms with E-state index < -0.39 is 6.09 Å². The largest absolute Gasteiger partial charge is 0.497 e. The highest BCUT2D eigenvalue weighted by molar-refractivity contribution is 5.94. The smallest absolute Gasteiger partial charge is 0.413 e. The molecule has 2 aromatic rings. The number of methoxy groups -OCH3 is 1. The summed E-state index contributed by atoms with van der Waals surface area (Å²) >= 11 is 0. The summed E-state index contributed by atoms with van der Waals surface area (Å²) in [7, 11) is 1.58. The monoisotopic (exact) mass is 313 g/mol. The summed E-state index contributed by atoms with van der Waals surface area (Å²) in [5.41, 5.74) is 7.37.